The quantitative estimate of drug-likeness (QED) is 0.598. The SMILES string of the molecule is CCN1CCC(OC2CCC(Cc3nccc(-c4ccc(C(=O)NCC#N)cc4)n3)CC2)CC1. The molecule has 34 heavy (non-hydrogen) atoms. The van der Waals surface area contributed by atoms with Crippen LogP contribution in [0, 0.1) is 17.2 Å². The van der Waals surface area contributed by atoms with E-state index in [-0.39, 0.29) is 12.5 Å². The summed E-state index contributed by atoms with van der Waals surface area (Å²) in [6, 6.07) is 11.1. The number of likely N-dealkylation sites (tertiary alicyclic amines) is 1. The van der Waals surface area contributed by atoms with Crippen molar-refractivity contribution in [1.82, 2.24) is 20.2 Å². The van der Waals surface area contributed by atoms with E-state index >= 15 is 0 Å². The molecule has 1 amide bonds. The number of rotatable bonds is 8. The maximum absolute atomic E-state index is 12.0. The maximum atomic E-state index is 12.0. The molecule has 7 nitrogen and oxygen atoms in total. The van der Waals surface area contributed by atoms with Crippen LogP contribution in [0.2, 0.25) is 0 Å². The molecule has 1 aliphatic heterocycles. The van der Waals surface area contributed by atoms with E-state index in [0.717, 1.165) is 42.9 Å². The number of piperidine rings is 1. The summed E-state index contributed by atoms with van der Waals surface area (Å²) in [6.07, 6.45) is 10.5. The summed E-state index contributed by atoms with van der Waals surface area (Å²) in [7, 11) is 0. The van der Waals surface area contributed by atoms with E-state index in [1.165, 1.54) is 38.8 Å². The van der Waals surface area contributed by atoms with Gasteiger partial charge in [0.15, 0.2) is 0 Å². The van der Waals surface area contributed by atoms with Gasteiger partial charge in [0.05, 0.1) is 24.0 Å². The van der Waals surface area contributed by atoms with Crippen LogP contribution in [-0.2, 0) is 11.2 Å². The van der Waals surface area contributed by atoms with Crippen molar-refractivity contribution in [3.8, 4) is 17.3 Å². The summed E-state index contributed by atoms with van der Waals surface area (Å²) in [6.45, 7) is 5.72. The Morgan fingerprint density at radius 2 is 1.79 bits per heavy atom. The van der Waals surface area contributed by atoms with Crippen molar-refractivity contribution in [1.29, 1.82) is 5.26 Å². The number of nitriles is 1. The minimum atomic E-state index is -0.248. The van der Waals surface area contributed by atoms with Crippen LogP contribution in [0.15, 0.2) is 36.5 Å². The molecule has 1 saturated heterocycles. The number of hydrogen-bond acceptors (Lipinski definition) is 6. The van der Waals surface area contributed by atoms with Gasteiger partial charge in [0.1, 0.15) is 12.4 Å². The highest BCUT2D eigenvalue weighted by Gasteiger charge is 2.27. The Morgan fingerprint density at radius 3 is 2.47 bits per heavy atom. The van der Waals surface area contributed by atoms with E-state index in [2.05, 4.69) is 22.1 Å². The summed E-state index contributed by atoms with van der Waals surface area (Å²) in [5.41, 5.74) is 2.35. The predicted molar refractivity (Wildman–Crippen MR) is 131 cm³/mol. The van der Waals surface area contributed by atoms with E-state index in [0.29, 0.717) is 23.7 Å². The normalized spacial score (nSPS) is 21.6. The largest absolute Gasteiger partial charge is 0.375 e. The molecule has 2 heterocycles. The van der Waals surface area contributed by atoms with Gasteiger partial charge < -0.3 is 15.0 Å². The molecule has 0 bridgehead atoms. The molecule has 1 aliphatic carbocycles. The third-order valence-corrected chi connectivity index (χ3v) is 7.11. The fraction of sp³-hybridized carbons (Fsp3) is 0.556. The molecule has 180 valence electrons. The van der Waals surface area contributed by atoms with Gasteiger partial charge >= 0.3 is 0 Å². The first kappa shape index (κ1) is 24.3. The Hall–Kier alpha value is -2.82. The molecule has 0 radical (unpaired) electrons. The van der Waals surface area contributed by atoms with Crippen molar-refractivity contribution in [2.75, 3.05) is 26.2 Å². The molecule has 1 saturated carbocycles. The summed E-state index contributed by atoms with van der Waals surface area (Å²) in [5.74, 6) is 1.23. The summed E-state index contributed by atoms with van der Waals surface area (Å²) < 4.78 is 6.45. The van der Waals surface area contributed by atoms with Gasteiger partial charge in [-0.15, -0.1) is 0 Å². The zero-order valence-corrected chi connectivity index (χ0v) is 20.1. The van der Waals surface area contributed by atoms with Crippen LogP contribution in [0.25, 0.3) is 11.3 Å². The van der Waals surface area contributed by atoms with Gasteiger partial charge in [0.2, 0.25) is 0 Å². The Labute approximate surface area is 202 Å². The number of carbonyl (C=O) groups excluding carboxylic acids is 1. The molecular weight excluding hydrogens is 426 g/mol. The number of nitrogens with one attached hydrogen (secondary N) is 1. The molecule has 2 fully saturated rings. The number of hydrogen-bond donors (Lipinski definition) is 1. The van der Waals surface area contributed by atoms with E-state index in [1.54, 1.807) is 12.1 Å². The smallest absolute Gasteiger partial charge is 0.252 e. The molecule has 2 aliphatic rings. The van der Waals surface area contributed by atoms with Crippen LogP contribution in [0.4, 0.5) is 0 Å². The lowest BCUT2D eigenvalue weighted by molar-refractivity contribution is -0.0603. The Bertz CT molecular complexity index is 971. The monoisotopic (exact) mass is 461 g/mol. The predicted octanol–water partition coefficient (Wildman–Crippen LogP) is 4.00. The van der Waals surface area contributed by atoms with E-state index in [1.807, 2.05) is 30.5 Å². The zero-order valence-electron chi connectivity index (χ0n) is 20.1. The van der Waals surface area contributed by atoms with Gasteiger partial charge in [-0.05, 0) is 69.2 Å². The second-order valence-electron chi connectivity index (χ2n) is 9.39. The standard InChI is InChI=1S/C27H35N5O2/c1-2-32-17-12-24(13-18-32)34-23-9-3-20(4-10-23)19-26-29-15-11-25(31-26)21-5-7-22(8-6-21)27(33)30-16-14-28/h5-8,11,15,20,23-24H,2-4,9-10,12-13,16-19H2,1H3,(H,30,33). The highest BCUT2D eigenvalue weighted by Crippen LogP contribution is 2.30. The van der Waals surface area contributed by atoms with Gasteiger partial charge in [-0.3, -0.25) is 4.79 Å². The molecule has 1 aromatic heterocycles. The van der Waals surface area contributed by atoms with Crippen LogP contribution >= 0.6 is 0 Å². The van der Waals surface area contributed by atoms with Gasteiger partial charge in [-0.1, -0.05) is 19.1 Å². The first-order valence-electron chi connectivity index (χ1n) is 12.6. The minimum absolute atomic E-state index is 0.00216. The summed E-state index contributed by atoms with van der Waals surface area (Å²) in [5, 5.41) is 11.2. The number of ether oxygens (including phenoxy) is 1. The summed E-state index contributed by atoms with van der Waals surface area (Å²) >= 11 is 0. The van der Waals surface area contributed by atoms with Crippen molar-refractivity contribution >= 4 is 5.91 Å². The van der Waals surface area contributed by atoms with Crippen molar-refractivity contribution in [3.05, 3.63) is 47.9 Å². The van der Waals surface area contributed by atoms with Crippen molar-refractivity contribution in [2.45, 2.75) is 64.1 Å². The van der Waals surface area contributed by atoms with Crippen LogP contribution in [0.3, 0.4) is 0 Å². The average molecular weight is 462 g/mol. The highest BCUT2D eigenvalue weighted by atomic mass is 16.5. The fourth-order valence-corrected chi connectivity index (χ4v) is 5.04. The molecule has 2 aromatic rings. The highest BCUT2D eigenvalue weighted by molar-refractivity contribution is 5.94. The molecule has 0 atom stereocenters. The molecule has 7 heteroatoms. The number of amides is 1. The Kier molecular flexibility index (Phi) is 8.62. The van der Waals surface area contributed by atoms with Crippen LogP contribution in [-0.4, -0.2) is 59.2 Å². The lowest BCUT2D eigenvalue weighted by atomic mass is 9.85. The topological polar surface area (TPSA) is 91.1 Å². The number of carbonyl (C=O) groups is 1. The second kappa shape index (κ2) is 12.0. The third kappa shape index (κ3) is 6.62. The first-order valence-corrected chi connectivity index (χ1v) is 12.6. The third-order valence-electron chi connectivity index (χ3n) is 7.11. The molecule has 1 aromatic carbocycles. The maximum Gasteiger partial charge on any atom is 0.252 e. The number of benzene rings is 1. The minimum Gasteiger partial charge on any atom is -0.375 e. The fourth-order valence-electron chi connectivity index (χ4n) is 5.04. The molecular formula is C27H35N5O2. The molecule has 1 N–H and O–H groups in total. The van der Waals surface area contributed by atoms with Gasteiger partial charge in [0.25, 0.3) is 5.91 Å². The van der Waals surface area contributed by atoms with Crippen molar-refractivity contribution < 1.29 is 9.53 Å². The lowest BCUT2D eigenvalue weighted by Crippen LogP contribution is -2.39. The molecule has 0 spiro atoms. The zero-order chi connectivity index (χ0) is 23.8. The number of aromatic nitrogens is 2. The Balaban J connectivity index is 1.26. The average Bonchev–Trinajstić information content (AvgIpc) is 2.89. The Morgan fingerprint density at radius 1 is 1.09 bits per heavy atom. The van der Waals surface area contributed by atoms with E-state index in [4.69, 9.17) is 15.0 Å². The number of nitrogens with zero attached hydrogens (tertiary/aromatic N) is 4. The van der Waals surface area contributed by atoms with E-state index < -0.39 is 0 Å². The van der Waals surface area contributed by atoms with Crippen LogP contribution in [0.1, 0.15) is 61.6 Å². The van der Waals surface area contributed by atoms with Gasteiger partial charge in [-0.2, -0.15) is 5.26 Å². The molecule has 4 rings (SSSR count). The lowest BCUT2D eigenvalue weighted by Gasteiger charge is -2.35. The molecule has 0 unspecified atom stereocenters. The van der Waals surface area contributed by atoms with Gasteiger partial charge in [-0.25, -0.2) is 9.97 Å². The summed E-state index contributed by atoms with van der Waals surface area (Å²) in [4.78, 5) is 23.8. The van der Waals surface area contributed by atoms with Crippen molar-refractivity contribution in [2.24, 2.45) is 5.92 Å². The van der Waals surface area contributed by atoms with Crippen molar-refractivity contribution in [3.63, 3.8) is 0 Å². The van der Waals surface area contributed by atoms with Crippen LogP contribution < -0.4 is 5.32 Å². The second-order valence-corrected chi connectivity index (χ2v) is 9.39. The first-order chi connectivity index (χ1) is 16.6. The van der Waals surface area contributed by atoms with Crippen LogP contribution in [0.5, 0.6) is 0 Å². The van der Waals surface area contributed by atoms with E-state index in [9.17, 15) is 4.79 Å². The van der Waals surface area contributed by atoms with Gasteiger partial charge in [0, 0.05) is 36.8 Å².